The van der Waals surface area contributed by atoms with Crippen molar-refractivity contribution >= 4 is 0 Å². The molecule has 0 aromatic rings. The summed E-state index contributed by atoms with van der Waals surface area (Å²) in [7, 11) is 0. The second kappa shape index (κ2) is 9.29. The van der Waals surface area contributed by atoms with Crippen molar-refractivity contribution in [1.29, 1.82) is 5.26 Å². The molecule has 0 aliphatic heterocycles. The van der Waals surface area contributed by atoms with Crippen LogP contribution in [0.25, 0.3) is 0 Å². The molecule has 0 aromatic carbocycles. The number of rotatable bonds is 6. The molecule has 2 aliphatic rings. The molecule has 0 bridgehead atoms. The van der Waals surface area contributed by atoms with Crippen molar-refractivity contribution < 1.29 is 0 Å². The topological polar surface area (TPSA) is 23.8 Å². The lowest BCUT2D eigenvalue weighted by Crippen LogP contribution is -2.25. The number of nitriles is 1. The summed E-state index contributed by atoms with van der Waals surface area (Å²) < 4.78 is 0. The van der Waals surface area contributed by atoms with Crippen LogP contribution in [-0.2, 0) is 0 Å². The van der Waals surface area contributed by atoms with Crippen molar-refractivity contribution in [1.82, 2.24) is 0 Å². The number of allylic oxidation sites excluding steroid dienone is 2. The van der Waals surface area contributed by atoms with Gasteiger partial charge < -0.3 is 0 Å². The minimum Gasteiger partial charge on any atom is -0.198 e. The van der Waals surface area contributed by atoms with Crippen molar-refractivity contribution in [3.63, 3.8) is 0 Å². The number of unbranched alkanes of at least 4 members (excludes halogenated alkanes) is 1. The average Bonchev–Trinajstić information content (AvgIpc) is 2.55. The van der Waals surface area contributed by atoms with E-state index in [1.807, 2.05) is 0 Å². The summed E-state index contributed by atoms with van der Waals surface area (Å²) in [6.45, 7) is 2.25. The summed E-state index contributed by atoms with van der Waals surface area (Å²) in [5, 5.41) is 9.00. The summed E-state index contributed by atoms with van der Waals surface area (Å²) in [5.74, 6) is 3.28. The maximum atomic E-state index is 9.00. The summed E-state index contributed by atoms with van der Waals surface area (Å²) >= 11 is 0. The van der Waals surface area contributed by atoms with Gasteiger partial charge in [0.05, 0.1) is 6.07 Å². The summed E-state index contributed by atoms with van der Waals surface area (Å²) in [6.07, 6.45) is 20.8. The molecule has 0 saturated heterocycles. The van der Waals surface area contributed by atoms with Crippen LogP contribution in [0.5, 0.6) is 0 Å². The van der Waals surface area contributed by atoms with E-state index in [-0.39, 0.29) is 0 Å². The van der Waals surface area contributed by atoms with Crippen LogP contribution >= 0.6 is 0 Å². The Balaban J connectivity index is 1.61. The predicted octanol–water partition coefficient (Wildman–Crippen LogP) is 6.26. The second-order valence-electron chi connectivity index (χ2n) is 7.36. The third-order valence-electron chi connectivity index (χ3n) is 5.88. The van der Waals surface area contributed by atoms with E-state index >= 15 is 0 Å². The first-order chi connectivity index (χ1) is 10.3. The first-order valence-electron chi connectivity index (χ1n) is 9.38. The minimum absolute atomic E-state index is 0.368. The smallest absolute Gasteiger partial charge is 0.0655 e. The molecule has 0 heterocycles. The van der Waals surface area contributed by atoms with Crippen LogP contribution in [-0.4, -0.2) is 0 Å². The van der Waals surface area contributed by atoms with E-state index in [9.17, 15) is 0 Å². The zero-order valence-corrected chi connectivity index (χ0v) is 13.9. The maximum absolute atomic E-state index is 9.00. The highest BCUT2D eigenvalue weighted by atomic mass is 14.4. The molecule has 2 fully saturated rings. The Labute approximate surface area is 131 Å². The van der Waals surface area contributed by atoms with E-state index in [1.165, 1.54) is 77.0 Å². The van der Waals surface area contributed by atoms with Crippen LogP contribution in [0.3, 0.4) is 0 Å². The third-order valence-corrected chi connectivity index (χ3v) is 5.88. The van der Waals surface area contributed by atoms with Gasteiger partial charge in [-0.05, 0) is 75.5 Å². The average molecular weight is 287 g/mol. The normalized spacial score (nSPS) is 33.9. The van der Waals surface area contributed by atoms with Crippen LogP contribution < -0.4 is 0 Å². The third kappa shape index (κ3) is 5.50. The van der Waals surface area contributed by atoms with Crippen molar-refractivity contribution in [3.8, 4) is 6.07 Å². The molecule has 0 radical (unpaired) electrons. The predicted molar refractivity (Wildman–Crippen MR) is 89.8 cm³/mol. The van der Waals surface area contributed by atoms with E-state index < -0.39 is 0 Å². The molecule has 2 aliphatic carbocycles. The van der Waals surface area contributed by atoms with Gasteiger partial charge in [0.25, 0.3) is 0 Å². The Morgan fingerprint density at radius 1 is 0.857 bits per heavy atom. The van der Waals surface area contributed by atoms with Crippen molar-refractivity contribution in [2.24, 2.45) is 23.7 Å². The van der Waals surface area contributed by atoms with Gasteiger partial charge >= 0.3 is 0 Å². The van der Waals surface area contributed by atoms with E-state index in [0.717, 1.165) is 17.8 Å². The molecule has 1 heteroatoms. The summed E-state index contributed by atoms with van der Waals surface area (Å²) in [6, 6.07) is 2.47. The lowest BCUT2D eigenvalue weighted by atomic mass is 9.69. The molecule has 0 atom stereocenters. The molecule has 1 nitrogen and oxygen atoms in total. The first kappa shape index (κ1) is 16.6. The van der Waals surface area contributed by atoms with Gasteiger partial charge in [-0.3, -0.25) is 0 Å². The summed E-state index contributed by atoms with van der Waals surface area (Å²) in [4.78, 5) is 0. The van der Waals surface area contributed by atoms with Gasteiger partial charge in [-0.25, -0.2) is 0 Å². The van der Waals surface area contributed by atoms with Crippen LogP contribution in [0, 0.1) is 35.0 Å². The molecular formula is C20H33N. The number of hydrogen-bond acceptors (Lipinski definition) is 1. The molecule has 21 heavy (non-hydrogen) atoms. The fourth-order valence-corrected chi connectivity index (χ4v) is 4.40. The van der Waals surface area contributed by atoms with E-state index in [1.54, 1.807) is 0 Å². The molecule has 118 valence electrons. The maximum Gasteiger partial charge on any atom is 0.0655 e. The molecular weight excluding hydrogens is 254 g/mol. The highest BCUT2D eigenvalue weighted by molar-refractivity contribution is 4.90. The standard InChI is InChI=1S/C20H33N/c1-2-3-4-5-6-7-17-8-12-19(13-9-17)20-14-10-18(16-21)11-15-20/h4-5,17-20H,2-3,6-15H2,1H3/b5-4+. The quantitative estimate of drug-likeness (QED) is 0.529. The van der Waals surface area contributed by atoms with Crippen molar-refractivity contribution in [2.75, 3.05) is 0 Å². The Bertz CT molecular complexity index is 335. The molecule has 0 unspecified atom stereocenters. The van der Waals surface area contributed by atoms with Crippen molar-refractivity contribution in [3.05, 3.63) is 12.2 Å². The monoisotopic (exact) mass is 287 g/mol. The van der Waals surface area contributed by atoms with E-state index in [4.69, 9.17) is 5.26 Å². The highest BCUT2D eigenvalue weighted by Crippen LogP contribution is 2.42. The van der Waals surface area contributed by atoms with Gasteiger partial charge in [0.2, 0.25) is 0 Å². The Morgan fingerprint density at radius 3 is 2.00 bits per heavy atom. The molecule has 0 N–H and O–H groups in total. The highest BCUT2D eigenvalue weighted by Gasteiger charge is 2.30. The Kier molecular flexibility index (Phi) is 7.34. The minimum atomic E-state index is 0.368. The largest absolute Gasteiger partial charge is 0.198 e. The van der Waals surface area contributed by atoms with Crippen LogP contribution in [0.1, 0.15) is 84.0 Å². The number of hydrogen-bond donors (Lipinski definition) is 0. The fourth-order valence-electron chi connectivity index (χ4n) is 4.40. The Morgan fingerprint density at radius 2 is 1.43 bits per heavy atom. The fraction of sp³-hybridized carbons (Fsp3) is 0.850. The van der Waals surface area contributed by atoms with E-state index in [2.05, 4.69) is 25.1 Å². The van der Waals surface area contributed by atoms with E-state index in [0.29, 0.717) is 5.92 Å². The lowest BCUT2D eigenvalue weighted by Gasteiger charge is -2.36. The zero-order chi connectivity index (χ0) is 14.9. The molecule has 0 aromatic heterocycles. The van der Waals surface area contributed by atoms with Crippen LogP contribution in [0.2, 0.25) is 0 Å². The van der Waals surface area contributed by atoms with Gasteiger partial charge in [-0.15, -0.1) is 0 Å². The molecule has 0 amide bonds. The van der Waals surface area contributed by atoms with Crippen molar-refractivity contribution in [2.45, 2.75) is 84.0 Å². The molecule has 0 spiro atoms. The molecule has 2 saturated carbocycles. The molecule has 2 rings (SSSR count). The number of nitrogens with zero attached hydrogens (tertiary/aromatic N) is 1. The summed E-state index contributed by atoms with van der Waals surface area (Å²) in [5.41, 5.74) is 0. The second-order valence-corrected chi connectivity index (χ2v) is 7.36. The van der Waals surface area contributed by atoms with Gasteiger partial charge in [0.15, 0.2) is 0 Å². The SMILES string of the molecule is CCC/C=C/CCC1CCC(C2CCC(C#N)CC2)CC1. The zero-order valence-electron chi connectivity index (χ0n) is 13.9. The van der Waals surface area contributed by atoms with Gasteiger partial charge in [0.1, 0.15) is 0 Å². The lowest BCUT2D eigenvalue weighted by molar-refractivity contribution is 0.154. The Hall–Kier alpha value is -0.770. The van der Waals surface area contributed by atoms with Gasteiger partial charge in [0, 0.05) is 5.92 Å². The first-order valence-corrected chi connectivity index (χ1v) is 9.38. The van der Waals surface area contributed by atoms with Crippen LogP contribution in [0.4, 0.5) is 0 Å². The van der Waals surface area contributed by atoms with Gasteiger partial charge in [-0.1, -0.05) is 38.3 Å². The van der Waals surface area contributed by atoms with Gasteiger partial charge in [-0.2, -0.15) is 5.26 Å². The van der Waals surface area contributed by atoms with Crippen LogP contribution in [0.15, 0.2) is 12.2 Å².